The van der Waals surface area contributed by atoms with Gasteiger partial charge in [-0.05, 0) is 37.1 Å². The zero-order valence-corrected chi connectivity index (χ0v) is 14.3. The number of likely N-dealkylation sites (tertiary alicyclic amines) is 1. The van der Waals surface area contributed by atoms with E-state index in [0.717, 1.165) is 36.0 Å². The molecule has 1 unspecified atom stereocenters. The second-order valence-corrected chi connectivity index (χ2v) is 6.88. The largest absolute Gasteiger partial charge is 0.358 e. The van der Waals surface area contributed by atoms with E-state index in [-0.39, 0.29) is 17.5 Å². The van der Waals surface area contributed by atoms with E-state index in [1.54, 1.807) is 0 Å². The highest BCUT2D eigenvalue weighted by Gasteiger charge is 2.27. The first kappa shape index (κ1) is 16.0. The molecule has 1 aliphatic heterocycles. The predicted molar refractivity (Wildman–Crippen MR) is 94.8 cm³/mol. The van der Waals surface area contributed by atoms with Crippen molar-refractivity contribution in [1.29, 1.82) is 0 Å². The number of aromatic amines is 3. The van der Waals surface area contributed by atoms with Crippen molar-refractivity contribution in [1.82, 2.24) is 25.1 Å². The van der Waals surface area contributed by atoms with Crippen molar-refractivity contribution < 1.29 is 4.79 Å². The molecule has 2 aromatic heterocycles. The van der Waals surface area contributed by atoms with Gasteiger partial charge in [0.25, 0.3) is 0 Å². The molecular formula is C17H18ClN5O2. The average Bonchev–Trinajstić information content (AvgIpc) is 3.20. The number of fused-ring (bicyclic) bond motifs is 1. The fourth-order valence-corrected chi connectivity index (χ4v) is 3.62. The van der Waals surface area contributed by atoms with Crippen molar-refractivity contribution in [2.75, 3.05) is 13.1 Å². The number of hydrogen-bond acceptors (Lipinski definition) is 3. The van der Waals surface area contributed by atoms with Crippen molar-refractivity contribution in [3.8, 4) is 0 Å². The summed E-state index contributed by atoms with van der Waals surface area (Å²) in [5, 5.41) is 8.07. The molecule has 1 aromatic carbocycles. The smallest absolute Gasteiger partial charge is 0.340 e. The van der Waals surface area contributed by atoms with Gasteiger partial charge in [-0.3, -0.25) is 9.78 Å². The lowest BCUT2D eigenvalue weighted by molar-refractivity contribution is -0.131. The number of carbonyl (C=O) groups excluding carboxylic acids is 1. The highest BCUT2D eigenvalue weighted by molar-refractivity contribution is 6.31. The molecule has 25 heavy (non-hydrogen) atoms. The van der Waals surface area contributed by atoms with E-state index in [4.69, 9.17) is 11.6 Å². The predicted octanol–water partition coefficient (Wildman–Crippen LogP) is 2.18. The standard InChI is InChI=1S/C17H18ClN5O2/c18-12-3-4-14-11(6-12)7-13(19-14)8-15(24)23-5-1-2-10(9-23)16-20-17(25)22-21-16/h3-4,6-7,10,19H,1-2,5,8-9H2,(H2,20,21,22,25). The molecule has 1 amide bonds. The third kappa shape index (κ3) is 3.32. The minimum absolute atomic E-state index is 0.0678. The lowest BCUT2D eigenvalue weighted by Gasteiger charge is -2.31. The van der Waals surface area contributed by atoms with E-state index >= 15 is 0 Å². The summed E-state index contributed by atoms with van der Waals surface area (Å²) in [6.07, 6.45) is 2.12. The average molecular weight is 360 g/mol. The molecule has 4 rings (SSSR count). The van der Waals surface area contributed by atoms with Crippen LogP contribution in [-0.4, -0.2) is 44.1 Å². The zero-order chi connectivity index (χ0) is 17.4. The lowest BCUT2D eigenvalue weighted by Crippen LogP contribution is -2.40. The van der Waals surface area contributed by atoms with Crippen LogP contribution in [0.4, 0.5) is 0 Å². The SMILES string of the molecule is O=C(Cc1cc2cc(Cl)ccc2[nH]1)N1CCCC(c2n[nH]c(=O)[nH]2)C1. The summed E-state index contributed by atoms with van der Waals surface area (Å²) in [6, 6.07) is 7.58. The topological polar surface area (TPSA) is 97.6 Å². The molecule has 1 aliphatic rings. The molecule has 3 aromatic rings. The van der Waals surface area contributed by atoms with Gasteiger partial charge in [-0.15, -0.1) is 0 Å². The van der Waals surface area contributed by atoms with Gasteiger partial charge in [0.2, 0.25) is 5.91 Å². The molecular weight excluding hydrogens is 342 g/mol. The Labute approximate surface area is 148 Å². The van der Waals surface area contributed by atoms with Crippen molar-refractivity contribution in [2.45, 2.75) is 25.2 Å². The van der Waals surface area contributed by atoms with Gasteiger partial charge >= 0.3 is 5.69 Å². The fourth-order valence-electron chi connectivity index (χ4n) is 3.44. The third-order valence-electron chi connectivity index (χ3n) is 4.66. The number of piperidine rings is 1. The number of halogens is 1. The van der Waals surface area contributed by atoms with Gasteiger partial charge in [0, 0.05) is 40.6 Å². The van der Waals surface area contributed by atoms with E-state index in [9.17, 15) is 9.59 Å². The van der Waals surface area contributed by atoms with Crippen LogP contribution in [0.15, 0.2) is 29.1 Å². The van der Waals surface area contributed by atoms with Crippen molar-refractivity contribution in [3.63, 3.8) is 0 Å². The molecule has 1 atom stereocenters. The van der Waals surface area contributed by atoms with E-state index in [0.29, 0.717) is 23.8 Å². The molecule has 8 heteroatoms. The Balaban J connectivity index is 1.47. The number of amides is 1. The van der Waals surface area contributed by atoms with Crippen LogP contribution in [0.1, 0.15) is 30.3 Å². The van der Waals surface area contributed by atoms with Gasteiger partial charge in [-0.25, -0.2) is 9.89 Å². The molecule has 1 fully saturated rings. The van der Waals surface area contributed by atoms with Crippen molar-refractivity contribution >= 4 is 28.4 Å². The molecule has 0 radical (unpaired) electrons. The third-order valence-corrected chi connectivity index (χ3v) is 4.90. The molecule has 3 heterocycles. The highest BCUT2D eigenvalue weighted by atomic mass is 35.5. The maximum Gasteiger partial charge on any atom is 0.340 e. The number of nitrogens with zero attached hydrogens (tertiary/aromatic N) is 2. The molecule has 1 saturated heterocycles. The van der Waals surface area contributed by atoms with Crippen LogP contribution in [0.3, 0.4) is 0 Å². The molecule has 0 saturated carbocycles. The van der Waals surface area contributed by atoms with E-state index in [2.05, 4.69) is 20.2 Å². The van der Waals surface area contributed by atoms with Crippen LogP contribution in [0.25, 0.3) is 10.9 Å². The van der Waals surface area contributed by atoms with Crippen LogP contribution in [0.2, 0.25) is 5.02 Å². The van der Waals surface area contributed by atoms with Crippen LogP contribution < -0.4 is 5.69 Å². The Bertz CT molecular complexity index is 973. The molecule has 7 nitrogen and oxygen atoms in total. The molecule has 0 spiro atoms. The van der Waals surface area contributed by atoms with Gasteiger partial charge in [-0.2, -0.15) is 5.10 Å². The first-order valence-electron chi connectivity index (χ1n) is 8.28. The minimum Gasteiger partial charge on any atom is -0.358 e. The summed E-state index contributed by atoms with van der Waals surface area (Å²) < 4.78 is 0. The summed E-state index contributed by atoms with van der Waals surface area (Å²) in [5.41, 5.74) is 1.53. The maximum atomic E-state index is 12.7. The summed E-state index contributed by atoms with van der Waals surface area (Å²) >= 11 is 6.01. The minimum atomic E-state index is -0.310. The number of hydrogen-bond donors (Lipinski definition) is 3. The number of benzene rings is 1. The molecule has 0 bridgehead atoms. The first-order chi connectivity index (χ1) is 12.1. The Kier molecular flexibility index (Phi) is 4.09. The number of H-pyrrole nitrogens is 3. The second kappa shape index (κ2) is 6.40. The van der Waals surface area contributed by atoms with Crippen molar-refractivity contribution in [3.05, 3.63) is 51.3 Å². The summed E-state index contributed by atoms with van der Waals surface area (Å²) in [5.74, 6) is 0.765. The Morgan fingerprint density at radius 2 is 2.20 bits per heavy atom. The highest BCUT2D eigenvalue weighted by Crippen LogP contribution is 2.25. The van der Waals surface area contributed by atoms with Gasteiger partial charge in [0.15, 0.2) is 0 Å². The second-order valence-electron chi connectivity index (χ2n) is 6.44. The number of aromatic nitrogens is 4. The molecule has 3 N–H and O–H groups in total. The lowest BCUT2D eigenvalue weighted by atomic mass is 9.97. The van der Waals surface area contributed by atoms with Crippen molar-refractivity contribution in [2.24, 2.45) is 0 Å². The molecule has 0 aliphatic carbocycles. The molecule has 130 valence electrons. The van der Waals surface area contributed by atoms with Crippen LogP contribution in [-0.2, 0) is 11.2 Å². The monoisotopic (exact) mass is 359 g/mol. The van der Waals surface area contributed by atoms with Crippen LogP contribution in [0, 0.1) is 0 Å². The summed E-state index contributed by atoms with van der Waals surface area (Å²) in [6.45, 7) is 1.31. The van der Waals surface area contributed by atoms with E-state index in [1.165, 1.54) is 0 Å². The number of nitrogens with one attached hydrogen (secondary N) is 3. The fraction of sp³-hybridized carbons (Fsp3) is 0.353. The normalized spacial score (nSPS) is 18.0. The zero-order valence-electron chi connectivity index (χ0n) is 13.5. The Morgan fingerprint density at radius 1 is 1.32 bits per heavy atom. The Morgan fingerprint density at radius 3 is 3.00 bits per heavy atom. The number of rotatable bonds is 3. The summed E-state index contributed by atoms with van der Waals surface area (Å²) in [7, 11) is 0. The van der Waals surface area contributed by atoms with Gasteiger partial charge < -0.3 is 9.88 Å². The maximum absolute atomic E-state index is 12.7. The quantitative estimate of drug-likeness (QED) is 0.668. The van der Waals surface area contributed by atoms with Gasteiger partial charge in [0.1, 0.15) is 5.82 Å². The van der Waals surface area contributed by atoms with Crippen LogP contribution in [0.5, 0.6) is 0 Å². The summed E-state index contributed by atoms with van der Waals surface area (Å²) in [4.78, 5) is 31.7. The number of carbonyl (C=O) groups is 1. The first-order valence-corrected chi connectivity index (χ1v) is 8.66. The van der Waals surface area contributed by atoms with Gasteiger partial charge in [-0.1, -0.05) is 11.6 Å². The van der Waals surface area contributed by atoms with Gasteiger partial charge in [0.05, 0.1) is 6.42 Å². The van der Waals surface area contributed by atoms with Crippen LogP contribution >= 0.6 is 11.6 Å². The van der Waals surface area contributed by atoms with E-state index < -0.39 is 0 Å². The van der Waals surface area contributed by atoms with E-state index in [1.807, 2.05) is 29.2 Å². The Hall–Kier alpha value is -2.54.